The summed E-state index contributed by atoms with van der Waals surface area (Å²) in [6, 6.07) is 1.85. The van der Waals surface area contributed by atoms with Crippen LogP contribution in [-0.4, -0.2) is 36.3 Å². The number of hydrogen-bond donors (Lipinski definition) is 2. The molecule has 1 aliphatic rings. The summed E-state index contributed by atoms with van der Waals surface area (Å²) in [5, 5.41) is 12.8. The van der Waals surface area contributed by atoms with Gasteiger partial charge in [0, 0.05) is 32.4 Å². The average molecular weight is 179 g/mol. The minimum atomic E-state index is 0.268. The molecule has 0 unspecified atom stereocenters. The van der Waals surface area contributed by atoms with E-state index in [-0.39, 0.29) is 5.75 Å². The maximum Gasteiger partial charge on any atom is 0.157 e. The molecule has 0 amide bonds. The van der Waals surface area contributed by atoms with Crippen LogP contribution in [-0.2, 0) is 0 Å². The minimum Gasteiger partial charge on any atom is -0.504 e. The first-order valence-electron chi connectivity index (χ1n) is 4.46. The third-order valence-electron chi connectivity index (χ3n) is 2.24. The summed E-state index contributed by atoms with van der Waals surface area (Å²) in [5.74, 6) is 0.268. The average Bonchev–Trinajstić information content (AvgIpc) is 2.20. The molecule has 2 N–H and O–H groups in total. The molecule has 0 radical (unpaired) electrons. The Kier molecular flexibility index (Phi) is 2.31. The van der Waals surface area contributed by atoms with Crippen LogP contribution in [0.2, 0.25) is 0 Å². The number of nitrogens with one attached hydrogen (secondary N) is 1. The zero-order valence-corrected chi connectivity index (χ0v) is 7.40. The zero-order chi connectivity index (χ0) is 9.10. The van der Waals surface area contributed by atoms with Gasteiger partial charge in [-0.25, -0.2) is 0 Å². The van der Waals surface area contributed by atoms with E-state index < -0.39 is 0 Å². The molecule has 1 fully saturated rings. The predicted molar refractivity (Wildman–Crippen MR) is 51.0 cm³/mol. The van der Waals surface area contributed by atoms with E-state index in [1.165, 1.54) is 6.20 Å². The Morgan fingerprint density at radius 2 is 2.15 bits per heavy atom. The quantitative estimate of drug-likeness (QED) is 0.646. The van der Waals surface area contributed by atoms with Gasteiger partial charge < -0.3 is 15.3 Å². The molecule has 13 heavy (non-hydrogen) atoms. The van der Waals surface area contributed by atoms with Gasteiger partial charge in [-0.05, 0) is 6.07 Å². The Hall–Kier alpha value is -1.29. The van der Waals surface area contributed by atoms with Crippen molar-refractivity contribution in [3.63, 3.8) is 0 Å². The van der Waals surface area contributed by atoms with E-state index in [1.807, 2.05) is 6.07 Å². The molecule has 1 aromatic rings. The van der Waals surface area contributed by atoms with E-state index in [0.717, 1.165) is 31.9 Å². The molecular weight excluding hydrogens is 166 g/mol. The van der Waals surface area contributed by atoms with E-state index in [9.17, 15) is 5.11 Å². The zero-order valence-electron chi connectivity index (χ0n) is 7.40. The van der Waals surface area contributed by atoms with E-state index in [4.69, 9.17) is 0 Å². The van der Waals surface area contributed by atoms with Crippen molar-refractivity contribution in [1.82, 2.24) is 10.3 Å². The highest BCUT2D eigenvalue weighted by Gasteiger charge is 2.12. The molecule has 4 nitrogen and oxygen atoms in total. The number of aromatic hydroxyl groups is 1. The van der Waals surface area contributed by atoms with Crippen LogP contribution < -0.4 is 10.2 Å². The Balaban J connectivity index is 2.18. The number of piperazine rings is 1. The van der Waals surface area contributed by atoms with Crippen molar-refractivity contribution in [2.75, 3.05) is 31.1 Å². The lowest BCUT2D eigenvalue weighted by Crippen LogP contribution is -2.43. The third-order valence-corrected chi connectivity index (χ3v) is 2.24. The second-order valence-corrected chi connectivity index (χ2v) is 3.10. The number of anilines is 1. The lowest BCUT2D eigenvalue weighted by Gasteiger charge is -2.29. The molecule has 0 aliphatic carbocycles. The van der Waals surface area contributed by atoms with Gasteiger partial charge in [0.05, 0.1) is 11.9 Å². The van der Waals surface area contributed by atoms with Gasteiger partial charge in [0.25, 0.3) is 0 Å². The first-order valence-corrected chi connectivity index (χ1v) is 4.46. The largest absolute Gasteiger partial charge is 0.504 e. The molecule has 2 rings (SSSR count). The summed E-state index contributed by atoms with van der Waals surface area (Å²) < 4.78 is 0. The molecular formula is C9H13N3O. The van der Waals surface area contributed by atoms with Gasteiger partial charge in [0.1, 0.15) is 0 Å². The molecule has 70 valence electrons. The fourth-order valence-corrected chi connectivity index (χ4v) is 1.55. The standard InChI is InChI=1S/C9H13N3O/c13-9-7-11-2-1-8(9)12-5-3-10-4-6-12/h1-2,7,10,13H,3-6H2. The van der Waals surface area contributed by atoms with Crippen molar-refractivity contribution < 1.29 is 5.11 Å². The molecule has 0 atom stereocenters. The van der Waals surface area contributed by atoms with E-state index >= 15 is 0 Å². The van der Waals surface area contributed by atoms with Crippen molar-refractivity contribution in [2.45, 2.75) is 0 Å². The fourth-order valence-electron chi connectivity index (χ4n) is 1.55. The monoisotopic (exact) mass is 179 g/mol. The number of pyridine rings is 1. The van der Waals surface area contributed by atoms with Gasteiger partial charge in [-0.3, -0.25) is 4.98 Å². The number of hydrogen-bond acceptors (Lipinski definition) is 4. The summed E-state index contributed by atoms with van der Waals surface area (Å²) in [5.41, 5.74) is 0.886. The normalized spacial score (nSPS) is 17.4. The molecule has 1 aromatic heterocycles. The first kappa shape index (κ1) is 8.31. The summed E-state index contributed by atoms with van der Waals surface area (Å²) >= 11 is 0. The molecule has 1 saturated heterocycles. The van der Waals surface area contributed by atoms with Gasteiger partial charge in [-0.1, -0.05) is 0 Å². The van der Waals surface area contributed by atoms with Gasteiger partial charge in [0.2, 0.25) is 0 Å². The highest BCUT2D eigenvalue weighted by Crippen LogP contribution is 2.24. The van der Waals surface area contributed by atoms with Gasteiger partial charge in [0.15, 0.2) is 5.75 Å². The maximum absolute atomic E-state index is 9.54. The van der Waals surface area contributed by atoms with E-state index in [0.29, 0.717) is 0 Å². The topological polar surface area (TPSA) is 48.4 Å². The van der Waals surface area contributed by atoms with Crippen LogP contribution in [0.3, 0.4) is 0 Å². The molecule has 0 spiro atoms. The van der Waals surface area contributed by atoms with Crippen molar-refractivity contribution >= 4 is 5.69 Å². The summed E-state index contributed by atoms with van der Waals surface area (Å²) in [7, 11) is 0. The lowest BCUT2D eigenvalue weighted by molar-refractivity contribution is 0.468. The van der Waals surface area contributed by atoms with Crippen LogP contribution in [0.15, 0.2) is 18.5 Å². The molecule has 0 bridgehead atoms. The van der Waals surface area contributed by atoms with Crippen molar-refractivity contribution in [1.29, 1.82) is 0 Å². The molecule has 4 heteroatoms. The number of rotatable bonds is 1. The van der Waals surface area contributed by atoms with Crippen LogP contribution in [0.25, 0.3) is 0 Å². The molecule has 0 saturated carbocycles. The Morgan fingerprint density at radius 1 is 1.38 bits per heavy atom. The van der Waals surface area contributed by atoms with E-state index in [2.05, 4.69) is 15.2 Å². The van der Waals surface area contributed by atoms with Crippen molar-refractivity contribution in [3.8, 4) is 5.75 Å². The second-order valence-electron chi connectivity index (χ2n) is 3.10. The maximum atomic E-state index is 9.54. The summed E-state index contributed by atoms with van der Waals surface area (Å²) in [6.45, 7) is 3.83. The van der Waals surface area contributed by atoms with Crippen LogP contribution in [0.5, 0.6) is 5.75 Å². The predicted octanol–water partition coefficient (Wildman–Crippen LogP) is 0.197. The highest BCUT2D eigenvalue weighted by molar-refractivity contribution is 5.56. The Morgan fingerprint density at radius 3 is 2.85 bits per heavy atom. The van der Waals surface area contributed by atoms with Crippen LogP contribution in [0.1, 0.15) is 0 Å². The molecule has 1 aliphatic heterocycles. The SMILES string of the molecule is Oc1cnccc1N1CCNCC1. The minimum absolute atomic E-state index is 0.268. The lowest BCUT2D eigenvalue weighted by atomic mass is 10.3. The van der Waals surface area contributed by atoms with Gasteiger partial charge in [-0.15, -0.1) is 0 Å². The smallest absolute Gasteiger partial charge is 0.157 e. The fraction of sp³-hybridized carbons (Fsp3) is 0.444. The summed E-state index contributed by atoms with van der Waals surface area (Å²) in [4.78, 5) is 6.01. The third kappa shape index (κ3) is 1.72. The Bertz CT molecular complexity index is 284. The second kappa shape index (κ2) is 3.62. The van der Waals surface area contributed by atoms with Gasteiger partial charge >= 0.3 is 0 Å². The van der Waals surface area contributed by atoms with Crippen LogP contribution >= 0.6 is 0 Å². The molecule has 0 aromatic carbocycles. The first-order chi connectivity index (χ1) is 6.38. The van der Waals surface area contributed by atoms with Gasteiger partial charge in [-0.2, -0.15) is 0 Å². The number of nitrogens with zero attached hydrogens (tertiary/aromatic N) is 2. The summed E-state index contributed by atoms with van der Waals surface area (Å²) in [6.07, 6.45) is 3.19. The highest BCUT2D eigenvalue weighted by atomic mass is 16.3. The number of aromatic nitrogens is 1. The van der Waals surface area contributed by atoms with Crippen LogP contribution in [0.4, 0.5) is 5.69 Å². The van der Waals surface area contributed by atoms with Crippen molar-refractivity contribution in [2.24, 2.45) is 0 Å². The van der Waals surface area contributed by atoms with Crippen LogP contribution in [0, 0.1) is 0 Å². The Labute approximate surface area is 77.2 Å². The van der Waals surface area contributed by atoms with Crippen molar-refractivity contribution in [3.05, 3.63) is 18.5 Å². The molecule has 2 heterocycles. The van der Waals surface area contributed by atoms with E-state index in [1.54, 1.807) is 6.20 Å².